The summed E-state index contributed by atoms with van der Waals surface area (Å²) in [5.74, 6) is -1.73. The summed E-state index contributed by atoms with van der Waals surface area (Å²) in [4.78, 5) is 24.1. The highest BCUT2D eigenvalue weighted by Gasteiger charge is 2.40. The van der Waals surface area contributed by atoms with E-state index in [0.29, 0.717) is 42.7 Å². The van der Waals surface area contributed by atoms with E-state index in [1.807, 2.05) is 11.4 Å². The van der Waals surface area contributed by atoms with Gasteiger partial charge in [0.25, 0.3) is 0 Å². The average Bonchev–Trinajstić information content (AvgIpc) is 3.02. The molecule has 0 N–H and O–H groups in total. The molecular formula is C18H15F3O4S. The van der Waals surface area contributed by atoms with E-state index < -0.39 is 12.1 Å². The van der Waals surface area contributed by atoms with Gasteiger partial charge in [0.05, 0.1) is 17.0 Å². The van der Waals surface area contributed by atoms with Crippen LogP contribution in [0.2, 0.25) is 0 Å². The number of carbonyl (C=O) groups is 2. The molecule has 2 aromatic rings. The Morgan fingerprint density at radius 3 is 2.77 bits per heavy atom. The van der Waals surface area contributed by atoms with Crippen LogP contribution in [-0.4, -0.2) is 24.5 Å². The average molecular weight is 384 g/mol. The number of thiophene rings is 1. The molecule has 0 amide bonds. The second-order valence-corrected chi connectivity index (χ2v) is 6.80. The van der Waals surface area contributed by atoms with Gasteiger partial charge in [0.15, 0.2) is 5.78 Å². The van der Waals surface area contributed by atoms with Crippen molar-refractivity contribution in [3.05, 3.63) is 51.2 Å². The fourth-order valence-corrected chi connectivity index (χ4v) is 3.44. The minimum absolute atomic E-state index is 0.0882. The predicted molar refractivity (Wildman–Crippen MR) is 88.5 cm³/mol. The number of ether oxygens (including phenoxy) is 2. The van der Waals surface area contributed by atoms with Crippen LogP contribution in [0.3, 0.4) is 0 Å². The second kappa shape index (κ2) is 7.49. The molecule has 138 valence electrons. The zero-order chi connectivity index (χ0) is 18.7. The van der Waals surface area contributed by atoms with E-state index in [9.17, 15) is 22.8 Å². The van der Waals surface area contributed by atoms with Crippen molar-refractivity contribution >= 4 is 23.1 Å². The standard InChI is InChI=1S/C18H15F3O4S/c19-18(20,21)17(23)24-7-2-1-3-11-4-5-14-13(9-11)16(22)12-6-8-26-15(12)10-25-14/h4-6,8-9H,1-3,7,10H2. The maximum Gasteiger partial charge on any atom is 0.490 e. The first-order chi connectivity index (χ1) is 12.4. The molecule has 1 aliphatic rings. The normalized spacial score (nSPS) is 13.4. The number of alkyl halides is 3. The molecule has 3 rings (SSSR count). The molecular weight excluding hydrogens is 369 g/mol. The van der Waals surface area contributed by atoms with Gasteiger partial charge >= 0.3 is 12.1 Å². The zero-order valence-electron chi connectivity index (χ0n) is 13.6. The Bertz CT molecular complexity index is 826. The fraction of sp³-hybridized carbons (Fsp3) is 0.333. The summed E-state index contributed by atoms with van der Waals surface area (Å²) in [6, 6.07) is 7.10. The van der Waals surface area contributed by atoms with Crippen molar-refractivity contribution in [2.24, 2.45) is 0 Å². The lowest BCUT2D eigenvalue weighted by Gasteiger charge is -2.09. The van der Waals surface area contributed by atoms with Gasteiger partial charge in [-0.05, 0) is 48.4 Å². The molecule has 0 radical (unpaired) electrons. The van der Waals surface area contributed by atoms with Crippen LogP contribution in [0.5, 0.6) is 5.75 Å². The molecule has 8 heteroatoms. The van der Waals surface area contributed by atoms with Crippen molar-refractivity contribution < 1.29 is 32.2 Å². The number of unbranched alkanes of at least 4 members (excludes halogenated alkanes) is 1. The van der Waals surface area contributed by atoms with Gasteiger partial charge in [-0.25, -0.2) is 4.79 Å². The number of hydrogen-bond donors (Lipinski definition) is 0. The molecule has 2 heterocycles. The number of ketones is 1. The van der Waals surface area contributed by atoms with E-state index in [-0.39, 0.29) is 12.4 Å². The molecule has 0 bridgehead atoms. The number of aryl methyl sites for hydroxylation is 1. The Kier molecular flexibility index (Phi) is 5.31. The van der Waals surface area contributed by atoms with Crippen LogP contribution in [0.1, 0.15) is 39.2 Å². The van der Waals surface area contributed by atoms with Crippen LogP contribution >= 0.6 is 11.3 Å². The third-order valence-electron chi connectivity index (χ3n) is 3.96. The zero-order valence-corrected chi connectivity index (χ0v) is 14.4. The molecule has 0 saturated heterocycles. The molecule has 1 aliphatic heterocycles. The molecule has 0 unspecified atom stereocenters. The van der Waals surface area contributed by atoms with E-state index in [1.54, 1.807) is 18.2 Å². The van der Waals surface area contributed by atoms with Crippen LogP contribution in [0.4, 0.5) is 13.2 Å². The lowest BCUT2D eigenvalue weighted by molar-refractivity contribution is -0.199. The number of halogens is 3. The van der Waals surface area contributed by atoms with Gasteiger partial charge in [0.1, 0.15) is 12.4 Å². The Hall–Kier alpha value is -2.35. The monoisotopic (exact) mass is 384 g/mol. The van der Waals surface area contributed by atoms with Crippen LogP contribution < -0.4 is 4.74 Å². The first-order valence-corrected chi connectivity index (χ1v) is 8.85. The summed E-state index contributed by atoms with van der Waals surface area (Å²) < 4.78 is 45.9. The number of carbonyl (C=O) groups excluding carboxylic acids is 2. The molecule has 4 nitrogen and oxygen atoms in total. The van der Waals surface area contributed by atoms with E-state index in [1.165, 1.54) is 11.3 Å². The van der Waals surface area contributed by atoms with Gasteiger partial charge in [0, 0.05) is 5.56 Å². The van der Waals surface area contributed by atoms with Crippen LogP contribution in [0.25, 0.3) is 0 Å². The minimum Gasteiger partial charge on any atom is -0.487 e. The van der Waals surface area contributed by atoms with Crippen molar-refractivity contribution in [2.75, 3.05) is 6.61 Å². The third kappa shape index (κ3) is 4.07. The summed E-state index contributed by atoms with van der Waals surface area (Å²) in [6.07, 6.45) is -3.57. The van der Waals surface area contributed by atoms with Gasteiger partial charge < -0.3 is 9.47 Å². The SMILES string of the molecule is O=C1c2cc(CCCCOC(=O)C(F)(F)F)ccc2OCc2sccc21. The lowest BCUT2D eigenvalue weighted by atomic mass is 9.99. The molecule has 1 aromatic heterocycles. The second-order valence-electron chi connectivity index (χ2n) is 5.80. The summed E-state index contributed by atoms with van der Waals surface area (Å²) in [5, 5.41) is 1.85. The molecule has 1 aromatic carbocycles. The highest BCUT2D eigenvalue weighted by atomic mass is 32.1. The van der Waals surface area contributed by atoms with E-state index >= 15 is 0 Å². The van der Waals surface area contributed by atoms with Crippen molar-refractivity contribution in [1.82, 2.24) is 0 Å². The molecule has 0 fully saturated rings. The van der Waals surface area contributed by atoms with Crippen LogP contribution in [0, 0.1) is 0 Å². The van der Waals surface area contributed by atoms with Crippen LogP contribution in [-0.2, 0) is 22.6 Å². The maximum atomic E-state index is 12.6. The van der Waals surface area contributed by atoms with Crippen molar-refractivity contribution in [1.29, 1.82) is 0 Å². The van der Waals surface area contributed by atoms with E-state index in [4.69, 9.17) is 4.74 Å². The maximum absolute atomic E-state index is 12.6. The largest absolute Gasteiger partial charge is 0.490 e. The van der Waals surface area contributed by atoms with Gasteiger partial charge in [-0.3, -0.25) is 4.79 Å². The number of rotatable bonds is 5. The van der Waals surface area contributed by atoms with Gasteiger partial charge in [-0.1, -0.05) is 6.07 Å². The highest BCUT2D eigenvalue weighted by Crippen LogP contribution is 2.31. The van der Waals surface area contributed by atoms with E-state index in [2.05, 4.69) is 4.74 Å². The number of fused-ring (bicyclic) bond motifs is 2. The van der Waals surface area contributed by atoms with Gasteiger partial charge in [0.2, 0.25) is 0 Å². The lowest BCUT2D eigenvalue weighted by Crippen LogP contribution is -2.25. The summed E-state index contributed by atoms with van der Waals surface area (Å²) in [5.41, 5.74) is 2.01. The summed E-state index contributed by atoms with van der Waals surface area (Å²) >= 11 is 1.47. The van der Waals surface area contributed by atoms with Gasteiger partial charge in [-0.15, -0.1) is 11.3 Å². The van der Waals surface area contributed by atoms with Crippen molar-refractivity contribution in [3.8, 4) is 5.75 Å². The first-order valence-electron chi connectivity index (χ1n) is 7.97. The van der Waals surface area contributed by atoms with Gasteiger partial charge in [-0.2, -0.15) is 13.2 Å². The van der Waals surface area contributed by atoms with Crippen molar-refractivity contribution in [2.45, 2.75) is 32.0 Å². The molecule has 0 atom stereocenters. The molecule has 0 spiro atoms. The fourth-order valence-electron chi connectivity index (χ4n) is 2.66. The summed E-state index contributed by atoms with van der Waals surface area (Å²) in [6.45, 7) is 0.0687. The predicted octanol–water partition coefficient (Wildman–Crippen LogP) is 4.30. The number of esters is 1. The van der Waals surface area contributed by atoms with Crippen LogP contribution in [0.15, 0.2) is 29.6 Å². The number of benzene rings is 1. The summed E-state index contributed by atoms with van der Waals surface area (Å²) in [7, 11) is 0. The number of hydrogen-bond acceptors (Lipinski definition) is 5. The molecule has 0 aliphatic carbocycles. The van der Waals surface area contributed by atoms with E-state index in [0.717, 1.165) is 10.4 Å². The topological polar surface area (TPSA) is 52.6 Å². The van der Waals surface area contributed by atoms with Crippen molar-refractivity contribution in [3.63, 3.8) is 0 Å². The Morgan fingerprint density at radius 1 is 1.19 bits per heavy atom. The molecule has 26 heavy (non-hydrogen) atoms. The molecule has 0 saturated carbocycles. The quantitative estimate of drug-likeness (QED) is 0.570. The highest BCUT2D eigenvalue weighted by molar-refractivity contribution is 7.10. The smallest absolute Gasteiger partial charge is 0.487 e. The Morgan fingerprint density at radius 2 is 2.00 bits per heavy atom. The minimum atomic E-state index is -4.96. The Balaban J connectivity index is 1.58. The third-order valence-corrected chi connectivity index (χ3v) is 4.86. The Labute approximate surface area is 151 Å². The first kappa shape index (κ1) is 18.4.